The molecule has 5 heteroatoms. The van der Waals surface area contributed by atoms with E-state index >= 15 is 0 Å². The maximum Gasteiger partial charge on any atom is 0.165 e. The topological polar surface area (TPSA) is 29.5 Å². The zero-order chi connectivity index (χ0) is 14.7. The lowest BCUT2D eigenvalue weighted by atomic mass is 10.1. The number of hydrogen-bond acceptors (Lipinski definition) is 2. The second kappa shape index (κ2) is 5.96. The van der Waals surface area contributed by atoms with Crippen LogP contribution in [0.4, 0.5) is 13.2 Å². The van der Waals surface area contributed by atoms with E-state index in [1.165, 1.54) is 19.1 Å². The molecule has 0 saturated carbocycles. The smallest absolute Gasteiger partial charge is 0.165 e. The SMILES string of the molecule is CC(O)c1ccc(OCc2cc(F)ccc2F)c(F)c1. The predicted molar refractivity (Wildman–Crippen MR) is 67.7 cm³/mol. The molecule has 2 aromatic carbocycles. The van der Waals surface area contributed by atoms with Gasteiger partial charge >= 0.3 is 0 Å². The van der Waals surface area contributed by atoms with Crippen molar-refractivity contribution in [1.29, 1.82) is 0 Å². The summed E-state index contributed by atoms with van der Waals surface area (Å²) in [6.07, 6.45) is -0.792. The molecule has 20 heavy (non-hydrogen) atoms. The average molecular weight is 282 g/mol. The van der Waals surface area contributed by atoms with Gasteiger partial charge in [0.2, 0.25) is 0 Å². The molecule has 2 rings (SSSR count). The third kappa shape index (κ3) is 3.30. The third-order valence-corrected chi connectivity index (χ3v) is 2.83. The molecule has 0 amide bonds. The van der Waals surface area contributed by atoms with Crippen LogP contribution in [0.2, 0.25) is 0 Å². The van der Waals surface area contributed by atoms with E-state index in [2.05, 4.69) is 0 Å². The zero-order valence-corrected chi connectivity index (χ0v) is 10.7. The minimum Gasteiger partial charge on any atom is -0.486 e. The molecule has 0 aliphatic carbocycles. The van der Waals surface area contributed by atoms with Gasteiger partial charge in [-0.15, -0.1) is 0 Å². The largest absolute Gasteiger partial charge is 0.486 e. The van der Waals surface area contributed by atoms with E-state index in [4.69, 9.17) is 4.74 Å². The summed E-state index contributed by atoms with van der Waals surface area (Å²) in [7, 11) is 0. The number of ether oxygens (including phenoxy) is 1. The van der Waals surface area contributed by atoms with Crippen molar-refractivity contribution in [3.8, 4) is 5.75 Å². The molecule has 0 fully saturated rings. The Morgan fingerprint density at radius 1 is 1.05 bits per heavy atom. The van der Waals surface area contributed by atoms with Gasteiger partial charge in [-0.05, 0) is 42.8 Å². The van der Waals surface area contributed by atoms with Crippen molar-refractivity contribution in [3.63, 3.8) is 0 Å². The molecule has 0 radical (unpaired) electrons. The summed E-state index contributed by atoms with van der Waals surface area (Å²) < 4.78 is 45.2. The van der Waals surface area contributed by atoms with Crippen molar-refractivity contribution in [1.82, 2.24) is 0 Å². The summed E-state index contributed by atoms with van der Waals surface area (Å²) in [6.45, 7) is 1.23. The van der Waals surface area contributed by atoms with Crippen LogP contribution in [0.5, 0.6) is 5.75 Å². The van der Waals surface area contributed by atoms with Crippen LogP contribution in [-0.4, -0.2) is 5.11 Å². The standard InChI is InChI=1S/C15H13F3O2/c1-9(19)10-2-5-15(14(18)7-10)20-8-11-6-12(16)3-4-13(11)17/h2-7,9,19H,8H2,1H3. The van der Waals surface area contributed by atoms with Crippen molar-refractivity contribution >= 4 is 0 Å². The predicted octanol–water partition coefficient (Wildman–Crippen LogP) is 3.74. The molecule has 1 N–H and O–H groups in total. The van der Waals surface area contributed by atoms with Crippen LogP contribution in [0.3, 0.4) is 0 Å². The molecule has 0 aromatic heterocycles. The Balaban J connectivity index is 2.13. The highest BCUT2D eigenvalue weighted by molar-refractivity contribution is 5.30. The maximum atomic E-state index is 13.7. The first-order valence-electron chi connectivity index (χ1n) is 6.01. The molecule has 0 spiro atoms. The second-order valence-corrected chi connectivity index (χ2v) is 4.39. The van der Waals surface area contributed by atoms with Crippen molar-refractivity contribution in [2.24, 2.45) is 0 Å². The number of hydrogen-bond donors (Lipinski definition) is 1. The van der Waals surface area contributed by atoms with Crippen LogP contribution in [0.1, 0.15) is 24.2 Å². The summed E-state index contributed by atoms with van der Waals surface area (Å²) in [5.74, 6) is -1.96. The van der Waals surface area contributed by atoms with E-state index in [0.29, 0.717) is 5.56 Å². The van der Waals surface area contributed by atoms with E-state index < -0.39 is 23.6 Å². The molecule has 0 aliphatic heterocycles. The lowest BCUT2D eigenvalue weighted by Crippen LogP contribution is -2.01. The fourth-order valence-corrected chi connectivity index (χ4v) is 1.70. The molecule has 0 saturated heterocycles. The number of aliphatic hydroxyl groups excluding tert-OH is 1. The fraction of sp³-hybridized carbons (Fsp3) is 0.200. The summed E-state index contributed by atoms with van der Waals surface area (Å²) in [5.41, 5.74) is 0.413. The Labute approximate surface area is 114 Å². The molecule has 2 aromatic rings. The van der Waals surface area contributed by atoms with Crippen molar-refractivity contribution in [3.05, 3.63) is 65.0 Å². The molecule has 2 nitrogen and oxygen atoms in total. The van der Waals surface area contributed by atoms with Gasteiger partial charge in [0.25, 0.3) is 0 Å². The highest BCUT2D eigenvalue weighted by Crippen LogP contribution is 2.23. The van der Waals surface area contributed by atoms with Crippen molar-refractivity contribution in [2.75, 3.05) is 0 Å². The lowest BCUT2D eigenvalue weighted by molar-refractivity contribution is 0.198. The number of aliphatic hydroxyl groups is 1. The molecule has 0 aliphatic rings. The zero-order valence-electron chi connectivity index (χ0n) is 10.7. The molecule has 0 heterocycles. The van der Waals surface area contributed by atoms with E-state index in [1.807, 2.05) is 0 Å². The molecule has 1 atom stereocenters. The summed E-state index contributed by atoms with van der Waals surface area (Å²) in [6, 6.07) is 6.97. The van der Waals surface area contributed by atoms with Crippen molar-refractivity contribution < 1.29 is 23.0 Å². The van der Waals surface area contributed by atoms with E-state index in [-0.39, 0.29) is 17.9 Å². The van der Waals surface area contributed by atoms with Crippen LogP contribution in [-0.2, 0) is 6.61 Å². The summed E-state index contributed by atoms with van der Waals surface area (Å²) in [4.78, 5) is 0. The number of halogens is 3. The quantitative estimate of drug-likeness (QED) is 0.925. The van der Waals surface area contributed by atoms with Gasteiger partial charge in [-0.3, -0.25) is 0 Å². The minimum atomic E-state index is -0.792. The van der Waals surface area contributed by atoms with E-state index in [0.717, 1.165) is 24.3 Å². The van der Waals surface area contributed by atoms with Crippen LogP contribution < -0.4 is 4.74 Å². The monoisotopic (exact) mass is 282 g/mol. The van der Waals surface area contributed by atoms with Crippen molar-refractivity contribution in [2.45, 2.75) is 19.6 Å². The Bertz CT molecular complexity index is 612. The van der Waals surface area contributed by atoms with Gasteiger partial charge in [0.05, 0.1) is 6.10 Å². The molecule has 106 valence electrons. The van der Waals surface area contributed by atoms with Gasteiger partial charge in [0.1, 0.15) is 18.2 Å². The van der Waals surface area contributed by atoms with Gasteiger partial charge in [0.15, 0.2) is 11.6 Å². The number of rotatable bonds is 4. The Hall–Kier alpha value is -2.01. The molecule has 0 bridgehead atoms. The molecular formula is C15H13F3O2. The first-order valence-corrected chi connectivity index (χ1v) is 6.01. The minimum absolute atomic E-state index is 0.00371. The van der Waals surface area contributed by atoms with E-state index in [9.17, 15) is 18.3 Å². The van der Waals surface area contributed by atoms with Crippen LogP contribution in [0, 0.1) is 17.5 Å². The highest BCUT2D eigenvalue weighted by atomic mass is 19.1. The number of benzene rings is 2. The Morgan fingerprint density at radius 3 is 2.45 bits per heavy atom. The second-order valence-electron chi connectivity index (χ2n) is 4.39. The lowest BCUT2D eigenvalue weighted by Gasteiger charge is -2.10. The Kier molecular flexibility index (Phi) is 4.29. The summed E-state index contributed by atoms with van der Waals surface area (Å²) in [5, 5.41) is 9.32. The highest BCUT2D eigenvalue weighted by Gasteiger charge is 2.10. The van der Waals surface area contributed by atoms with Gasteiger partial charge in [-0.25, -0.2) is 13.2 Å². The van der Waals surface area contributed by atoms with Gasteiger partial charge < -0.3 is 9.84 Å². The average Bonchev–Trinajstić information content (AvgIpc) is 2.40. The molecular weight excluding hydrogens is 269 g/mol. The molecule has 1 unspecified atom stereocenters. The first-order chi connectivity index (χ1) is 9.47. The van der Waals surface area contributed by atoms with E-state index in [1.54, 1.807) is 0 Å². The normalized spacial score (nSPS) is 12.2. The van der Waals surface area contributed by atoms with Crippen LogP contribution >= 0.6 is 0 Å². The van der Waals surface area contributed by atoms with Gasteiger partial charge in [-0.1, -0.05) is 6.07 Å². The third-order valence-electron chi connectivity index (χ3n) is 2.83. The summed E-state index contributed by atoms with van der Waals surface area (Å²) >= 11 is 0. The van der Waals surface area contributed by atoms with Gasteiger partial charge in [-0.2, -0.15) is 0 Å². The van der Waals surface area contributed by atoms with Crippen LogP contribution in [0.25, 0.3) is 0 Å². The van der Waals surface area contributed by atoms with Gasteiger partial charge in [0, 0.05) is 5.56 Å². The fourth-order valence-electron chi connectivity index (χ4n) is 1.70. The first kappa shape index (κ1) is 14.4. The van der Waals surface area contributed by atoms with Crippen LogP contribution in [0.15, 0.2) is 36.4 Å². The Morgan fingerprint density at radius 2 is 1.80 bits per heavy atom. The maximum absolute atomic E-state index is 13.7.